The van der Waals surface area contributed by atoms with Crippen LogP contribution in [-0.2, 0) is 0 Å². The molecule has 1 atom stereocenters. The van der Waals surface area contributed by atoms with Crippen LogP contribution >= 0.6 is 0 Å². The van der Waals surface area contributed by atoms with Gasteiger partial charge in [0.2, 0.25) is 0 Å². The molecule has 0 aliphatic rings. The topological polar surface area (TPSA) is 0 Å². The van der Waals surface area contributed by atoms with Crippen molar-refractivity contribution in [2.45, 2.75) is 46.0 Å². The van der Waals surface area contributed by atoms with Gasteiger partial charge in [-0.05, 0) is 24.8 Å². The fraction of sp³-hybridized carbons (Fsp3) is 0.800. The minimum Gasteiger partial charge on any atom is -0.0953 e. The lowest BCUT2D eigenvalue weighted by molar-refractivity contribution is 0.501. The molecule has 1 radical (unpaired) electrons. The lowest BCUT2D eigenvalue weighted by Crippen LogP contribution is -1.95. The van der Waals surface area contributed by atoms with Gasteiger partial charge in [-0.15, -0.1) is 0 Å². The zero-order valence-corrected chi connectivity index (χ0v) is 7.32. The normalized spacial score (nSPS) is 13.0. The largest absolute Gasteiger partial charge is 0.0953 e. The van der Waals surface area contributed by atoms with E-state index in [0.717, 1.165) is 0 Å². The Kier molecular flexibility index (Phi) is 6.68. The fourth-order valence-electron chi connectivity index (χ4n) is 1.15. The third-order valence-electron chi connectivity index (χ3n) is 1.83. The molecular weight excluding hydrogens is 120 g/mol. The van der Waals surface area contributed by atoms with Gasteiger partial charge in [-0.2, -0.15) is 0 Å². The van der Waals surface area contributed by atoms with Crippen LogP contribution in [0.5, 0.6) is 0 Å². The van der Waals surface area contributed by atoms with Gasteiger partial charge in [0.05, 0.1) is 0 Å². The van der Waals surface area contributed by atoms with Gasteiger partial charge in [0.1, 0.15) is 0 Å². The predicted octanol–water partition coefficient (Wildman–Crippen LogP) is 3.58. The van der Waals surface area contributed by atoms with Crippen molar-refractivity contribution in [3.63, 3.8) is 0 Å². The molecule has 59 valence electrons. The van der Waals surface area contributed by atoms with Crippen LogP contribution in [0.25, 0.3) is 0 Å². The second-order valence-electron chi connectivity index (χ2n) is 2.83. The molecule has 10 heavy (non-hydrogen) atoms. The van der Waals surface area contributed by atoms with E-state index < -0.39 is 0 Å². The highest BCUT2D eigenvalue weighted by Gasteiger charge is 2.00. The molecule has 0 amide bonds. The number of rotatable bonds is 6. The Hall–Kier alpha value is -0.260. The molecule has 1 unspecified atom stereocenters. The Morgan fingerprint density at radius 1 is 1.20 bits per heavy atom. The monoisotopic (exact) mass is 139 g/mol. The summed E-state index contributed by atoms with van der Waals surface area (Å²) in [6.07, 6.45) is 9.52. The van der Waals surface area contributed by atoms with E-state index in [4.69, 9.17) is 0 Å². The molecule has 0 nitrogen and oxygen atoms in total. The summed E-state index contributed by atoms with van der Waals surface area (Å²) in [7, 11) is 0. The van der Waals surface area contributed by atoms with Crippen molar-refractivity contribution >= 4 is 0 Å². The van der Waals surface area contributed by atoms with Crippen molar-refractivity contribution in [3.05, 3.63) is 12.7 Å². The molecule has 0 aromatic heterocycles. The SMILES string of the molecule is C=[C]C(CCC)CCCC. The highest BCUT2D eigenvalue weighted by Crippen LogP contribution is 2.14. The lowest BCUT2D eigenvalue weighted by atomic mass is 9.98. The van der Waals surface area contributed by atoms with E-state index >= 15 is 0 Å². The lowest BCUT2D eigenvalue weighted by Gasteiger charge is -2.08. The Labute approximate surface area is 65.3 Å². The molecule has 0 N–H and O–H groups in total. The predicted molar refractivity (Wildman–Crippen MR) is 46.8 cm³/mol. The Morgan fingerprint density at radius 2 is 1.90 bits per heavy atom. The molecule has 0 rings (SSSR count). The van der Waals surface area contributed by atoms with Gasteiger partial charge >= 0.3 is 0 Å². The van der Waals surface area contributed by atoms with Crippen LogP contribution in [0, 0.1) is 12.0 Å². The van der Waals surface area contributed by atoms with Gasteiger partial charge in [0, 0.05) is 0 Å². The van der Waals surface area contributed by atoms with Gasteiger partial charge < -0.3 is 0 Å². The molecule has 0 saturated heterocycles. The fourth-order valence-corrected chi connectivity index (χ4v) is 1.15. The second kappa shape index (κ2) is 6.85. The summed E-state index contributed by atoms with van der Waals surface area (Å²) in [5.41, 5.74) is 0. The Balaban J connectivity index is 3.29. The van der Waals surface area contributed by atoms with Crippen molar-refractivity contribution < 1.29 is 0 Å². The van der Waals surface area contributed by atoms with Crippen LogP contribution in [0.15, 0.2) is 6.58 Å². The van der Waals surface area contributed by atoms with E-state index in [1.807, 2.05) is 0 Å². The molecule has 0 aliphatic carbocycles. The summed E-state index contributed by atoms with van der Waals surface area (Å²) < 4.78 is 0. The third kappa shape index (κ3) is 4.60. The van der Waals surface area contributed by atoms with E-state index in [1.165, 1.54) is 32.1 Å². The highest BCUT2D eigenvalue weighted by molar-refractivity contribution is 4.69. The highest BCUT2D eigenvalue weighted by atomic mass is 14.1. The minimum atomic E-state index is 0.657. The Morgan fingerprint density at radius 3 is 2.30 bits per heavy atom. The van der Waals surface area contributed by atoms with Gasteiger partial charge in [0.15, 0.2) is 0 Å². The van der Waals surface area contributed by atoms with Gasteiger partial charge in [-0.25, -0.2) is 0 Å². The van der Waals surface area contributed by atoms with Gasteiger partial charge in [0.25, 0.3) is 0 Å². The zero-order valence-electron chi connectivity index (χ0n) is 7.32. The van der Waals surface area contributed by atoms with Crippen LogP contribution in [0.1, 0.15) is 46.0 Å². The molecule has 0 saturated carbocycles. The van der Waals surface area contributed by atoms with Crippen LogP contribution in [-0.4, -0.2) is 0 Å². The first-order chi connectivity index (χ1) is 4.85. The maximum absolute atomic E-state index is 3.71. The maximum Gasteiger partial charge on any atom is -0.0165 e. The van der Waals surface area contributed by atoms with Crippen molar-refractivity contribution in [1.82, 2.24) is 0 Å². The van der Waals surface area contributed by atoms with E-state index in [0.29, 0.717) is 5.92 Å². The summed E-state index contributed by atoms with van der Waals surface area (Å²) in [5, 5.41) is 0. The number of hydrogen-bond donors (Lipinski definition) is 0. The van der Waals surface area contributed by atoms with Crippen LogP contribution in [0.3, 0.4) is 0 Å². The maximum atomic E-state index is 3.71. The molecule has 0 aliphatic heterocycles. The number of hydrogen-bond acceptors (Lipinski definition) is 0. The average molecular weight is 139 g/mol. The summed E-state index contributed by atoms with van der Waals surface area (Å²) in [6.45, 7) is 8.15. The summed E-state index contributed by atoms with van der Waals surface area (Å²) in [5.74, 6) is 0.657. The zero-order chi connectivity index (χ0) is 7.82. The van der Waals surface area contributed by atoms with E-state index in [1.54, 1.807) is 0 Å². The van der Waals surface area contributed by atoms with E-state index in [2.05, 4.69) is 26.5 Å². The average Bonchev–Trinajstić information content (AvgIpc) is 1.98. The Bertz CT molecular complexity index is 74.1. The minimum absolute atomic E-state index is 0.657. The quantitative estimate of drug-likeness (QED) is 0.527. The summed E-state index contributed by atoms with van der Waals surface area (Å²) >= 11 is 0. The number of allylic oxidation sites excluding steroid dienone is 1. The molecule has 0 heteroatoms. The molecule has 0 aromatic carbocycles. The summed E-state index contributed by atoms with van der Waals surface area (Å²) in [4.78, 5) is 0. The van der Waals surface area contributed by atoms with Crippen molar-refractivity contribution in [3.8, 4) is 0 Å². The molecule has 0 fully saturated rings. The van der Waals surface area contributed by atoms with Gasteiger partial charge in [-0.1, -0.05) is 39.7 Å². The molecule has 0 heterocycles. The van der Waals surface area contributed by atoms with E-state index in [9.17, 15) is 0 Å². The third-order valence-corrected chi connectivity index (χ3v) is 1.83. The first kappa shape index (κ1) is 9.74. The van der Waals surface area contributed by atoms with Crippen molar-refractivity contribution in [1.29, 1.82) is 0 Å². The molecule has 0 bridgehead atoms. The molecular formula is C10H19. The van der Waals surface area contributed by atoms with Crippen LogP contribution in [0.2, 0.25) is 0 Å². The molecule has 0 spiro atoms. The number of unbranched alkanes of at least 4 members (excludes halogenated alkanes) is 1. The van der Waals surface area contributed by atoms with Gasteiger partial charge in [-0.3, -0.25) is 0 Å². The first-order valence-electron chi connectivity index (χ1n) is 4.37. The smallest absolute Gasteiger partial charge is 0.0165 e. The van der Waals surface area contributed by atoms with Crippen molar-refractivity contribution in [2.75, 3.05) is 0 Å². The van der Waals surface area contributed by atoms with Crippen molar-refractivity contribution in [2.24, 2.45) is 5.92 Å². The van der Waals surface area contributed by atoms with E-state index in [-0.39, 0.29) is 0 Å². The standard InChI is InChI=1S/C10H19/c1-4-7-9-10(6-3)8-5-2/h10H,3-5,7-9H2,1-2H3. The van der Waals surface area contributed by atoms with Crippen LogP contribution < -0.4 is 0 Å². The summed E-state index contributed by atoms with van der Waals surface area (Å²) in [6, 6.07) is 0. The second-order valence-corrected chi connectivity index (χ2v) is 2.83. The molecule has 0 aromatic rings. The first-order valence-corrected chi connectivity index (χ1v) is 4.37. The van der Waals surface area contributed by atoms with Crippen LogP contribution in [0.4, 0.5) is 0 Å².